The lowest BCUT2D eigenvalue weighted by molar-refractivity contribution is 0.173. The highest BCUT2D eigenvalue weighted by Gasteiger charge is 2.22. The third-order valence-electron chi connectivity index (χ3n) is 5.42. The third kappa shape index (κ3) is 6.76. The number of amides is 2. The molecule has 1 aliphatic rings. The number of benzene rings is 2. The van der Waals surface area contributed by atoms with E-state index in [0.29, 0.717) is 22.6 Å². The summed E-state index contributed by atoms with van der Waals surface area (Å²) in [7, 11) is 0. The van der Waals surface area contributed by atoms with Gasteiger partial charge in [0.25, 0.3) is 5.95 Å². The number of aliphatic imine (C=N–C) groups is 1. The quantitative estimate of drug-likeness (QED) is 0.430. The second-order valence-electron chi connectivity index (χ2n) is 8.22. The molecule has 9 heteroatoms. The van der Waals surface area contributed by atoms with Gasteiger partial charge in [0, 0.05) is 54.8 Å². The highest BCUT2D eigenvalue weighted by molar-refractivity contribution is 6.30. The molecule has 0 unspecified atom stereocenters. The van der Waals surface area contributed by atoms with Gasteiger partial charge in [0.1, 0.15) is 0 Å². The fourth-order valence-electron chi connectivity index (χ4n) is 3.79. The average molecular weight is 478 g/mol. The first-order valence-electron chi connectivity index (χ1n) is 11.2. The van der Waals surface area contributed by atoms with Crippen molar-refractivity contribution in [2.45, 2.75) is 20.4 Å². The van der Waals surface area contributed by atoms with Crippen LogP contribution in [0.1, 0.15) is 17.0 Å². The van der Waals surface area contributed by atoms with Crippen molar-refractivity contribution in [1.82, 2.24) is 25.1 Å². The van der Waals surface area contributed by atoms with Crippen molar-refractivity contribution in [1.29, 1.82) is 0 Å². The van der Waals surface area contributed by atoms with Crippen LogP contribution in [-0.2, 0) is 6.54 Å². The van der Waals surface area contributed by atoms with Crippen LogP contribution in [0.15, 0.2) is 65.7 Å². The van der Waals surface area contributed by atoms with Crippen LogP contribution in [0.2, 0.25) is 5.02 Å². The minimum Gasteiger partial charge on any atom is -0.340 e. The number of nitrogens with zero attached hydrogens (tertiary/aromatic N) is 5. The van der Waals surface area contributed by atoms with Gasteiger partial charge in [-0.3, -0.25) is 10.2 Å². The van der Waals surface area contributed by atoms with Crippen LogP contribution in [0.25, 0.3) is 0 Å². The molecular formula is C25H28ClN7O. The molecule has 0 bridgehead atoms. The summed E-state index contributed by atoms with van der Waals surface area (Å²) in [6.07, 6.45) is 0. The number of aryl methyl sites for hydroxylation is 2. The molecule has 0 atom stereocenters. The Morgan fingerprint density at radius 1 is 0.971 bits per heavy atom. The molecule has 176 valence electrons. The summed E-state index contributed by atoms with van der Waals surface area (Å²) in [6, 6.07) is 18.9. The van der Waals surface area contributed by atoms with E-state index in [-0.39, 0.29) is 0 Å². The van der Waals surface area contributed by atoms with Gasteiger partial charge in [-0.1, -0.05) is 41.9 Å². The van der Waals surface area contributed by atoms with Gasteiger partial charge in [0.05, 0.1) is 0 Å². The molecule has 0 saturated carbocycles. The minimum absolute atomic E-state index is 0.325. The van der Waals surface area contributed by atoms with Gasteiger partial charge in [-0.25, -0.2) is 14.8 Å². The Bertz CT molecular complexity index is 1120. The number of urea groups is 1. The lowest BCUT2D eigenvalue weighted by Gasteiger charge is -2.36. The van der Waals surface area contributed by atoms with Crippen molar-refractivity contribution in [3.8, 4) is 0 Å². The molecule has 2 amide bonds. The summed E-state index contributed by atoms with van der Waals surface area (Å²) < 4.78 is 0. The first-order valence-corrected chi connectivity index (χ1v) is 11.6. The maximum absolute atomic E-state index is 12.8. The van der Waals surface area contributed by atoms with E-state index < -0.39 is 6.03 Å². The Morgan fingerprint density at radius 2 is 1.62 bits per heavy atom. The highest BCUT2D eigenvalue weighted by Crippen LogP contribution is 2.14. The highest BCUT2D eigenvalue weighted by atomic mass is 35.5. The van der Waals surface area contributed by atoms with Gasteiger partial charge in [-0.2, -0.15) is 4.99 Å². The van der Waals surface area contributed by atoms with Crippen LogP contribution >= 0.6 is 11.6 Å². The summed E-state index contributed by atoms with van der Waals surface area (Å²) in [5, 5.41) is 6.32. The lowest BCUT2D eigenvalue weighted by Crippen LogP contribution is -2.53. The zero-order valence-electron chi connectivity index (χ0n) is 19.3. The topological polar surface area (TPSA) is 85.7 Å². The standard InChI is InChI=1S/C25H28ClN7O/c1-18-16-19(2)28-23(27-18)30-24(31-25(34)29-22-10-8-21(26)9-11-22)33-14-12-32(13-15-33)17-20-6-4-3-5-7-20/h3-11,16H,12-15,17H2,1-2H3,(H2,27,28,29,30,31,34). The fourth-order valence-corrected chi connectivity index (χ4v) is 3.91. The normalized spacial score (nSPS) is 14.7. The Labute approximate surface area is 204 Å². The molecule has 2 heterocycles. The molecule has 3 aromatic rings. The number of guanidine groups is 1. The van der Waals surface area contributed by atoms with E-state index >= 15 is 0 Å². The van der Waals surface area contributed by atoms with Crippen molar-refractivity contribution in [3.63, 3.8) is 0 Å². The Balaban J connectivity index is 1.47. The first-order chi connectivity index (χ1) is 16.4. The molecule has 1 aromatic heterocycles. The molecule has 0 spiro atoms. The van der Waals surface area contributed by atoms with E-state index in [2.05, 4.69) is 59.7 Å². The maximum atomic E-state index is 12.8. The van der Waals surface area contributed by atoms with Gasteiger partial charge in [0.2, 0.25) is 5.96 Å². The largest absolute Gasteiger partial charge is 0.340 e. The molecule has 0 aliphatic carbocycles. The Kier molecular flexibility index (Phi) is 7.72. The predicted molar refractivity (Wildman–Crippen MR) is 135 cm³/mol. The predicted octanol–water partition coefficient (Wildman–Crippen LogP) is 4.37. The van der Waals surface area contributed by atoms with Crippen molar-refractivity contribution in [2.24, 2.45) is 4.99 Å². The number of halogens is 1. The van der Waals surface area contributed by atoms with Gasteiger partial charge in [-0.05, 0) is 49.7 Å². The second kappa shape index (κ2) is 11.1. The molecule has 1 saturated heterocycles. The minimum atomic E-state index is -0.392. The maximum Gasteiger partial charge on any atom is 0.326 e. The number of carbonyl (C=O) groups excluding carboxylic acids is 1. The number of hydrogen-bond acceptors (Lipinski definition) is 5. The Morgan fingerprint density at radius 3 is 2.26 bits per heavy atom. The van der Waals surface area contributed by atoms with Crippen LogP contribution in [-0.4, -0.2) is 57.9 Å². The molecule has 2 aromatic carbocycles. The number of nitrogens with one attached hydrogen (secondary N) is 2. The molecule has 1 fully saturated rings. The van der Waals surface area contributed by atoms with Crippen molar-refractivity contribution < 1.29 is 4.79 Å². The van der Waals surface area contributed by atoms with Gasteiger partial charge in [0.15, 0.2) is 0 Å². The molecule has 8 nitrogen and oxygen atoms in total. The number of anilines is 1. The molecule has 1 aliphatic heterocycles. The van der Waals surface area contributed by atoms with Crippen LogP contribution in [0, 0.1) is 13.8 Å². The summed E-state index contributed by atoms with van der Waals surface area (Å²) in [5.41, 5.74) is 3.57. The van der Waals surface area contributed by atoms with E-state index in [0.717, 1.165) is 44.1 Å². The molecule has 0 radical (unpaired) electrons. The summed E-state index contributed by atoms with van der Waals surface area (Å²) >= 11 is 5.94. The Hall–Kier alpha value is -3.49. The molecule has 4 rings (SSSR count). The number of hydrogen-bond donors (Lipinski definition) is 2. The average Bonchev–Trinajstić information content (AvgIpc) is 2.81. The summed E-state index contributed by atoms with van der Waals surface area (Å²) in [4.78, 5) is 30.7. The number of piperazine rings is 1. The second-order valence-corrected chi connectivity index (χ2v) is 8.66. The molecule has 34 heavy (non-hydrogen) atoms. The van der Waals surface area contributed by atoms with Crippen molar-refractivity contribution in [2.75, 3.05) is 31.5 Å². The lowest BCUT2D eigenvalue weighted by atomic mass is 10.2. The number of rotatable bonds is 4. The SMILES string of the molecule is Cc1cc(C)nc(/N=C(/NC(=O)Nc2ccc(Cl)cc2)N2CCN(Cc3ccccc3)CC2)n1. The summed E-state index contributed by atoms with van der Waals surface area (Å²) in [5.74, 6) is 0.752. The molecule has 2 N–H and O–H groups in total. The van der Waals surface area contributed by atoms with E-state index in [1.807, 2.05) is 26.0 Å². The van der Waals surface area contributed by atoms with Crippen LogP contribution in [0.5, 0.6) is 0 Å². The monoisotopic (exact) mass is 477 g/mol. The zero-order valence-corrected chi connectivity index (χ0v) is 20.1. The van der Waals surface area contributed by atoms with Crippen molar-refractivity contribution >= 4 is 35.2 Å². The van der Waals surface area contributed by atoms with Gasteiger partial charge >= 0.3 is 6.03 Å². The van der Waals surface area contributed by atoms with Crippen molar-refractivity contribution in [3.05, 3.63) is 82.6 Å². The number of carbonyl (C=O) groups is 1. The number of aromatic nitrogens is 2. The van der Waals surface area contributed by atoms with E-state index in [4.69, 9.17) is 11.6 Å². The van der Waals surface area contributed by atoms with E-state index in [1.165, 1.54) is 5.56 Å². The van der Waals surface area contributed by atoms with Crippen LogP contribution in [0.4, 0.5) is 16.4 Å². The van der Waals surface area contributed by atoms with Crippen LogP contribution < -0.4 is 10.6 Å². The van der Waals surface area contributed by atoms with E-state index in [9.17, 15) is 4.79 Å². The first kappa shape index (κ1) is 23.7. The fraction of sp³-hybridized carbons (Fsp3) is 0.280. The zero-order chi connectivity index (χ0) is 23.9. The van der Waals surface area contributed by atoms with E-state index in [1.54, 1.807) is 24.3 Å². The van der Waals surface area contributed by atoms with Gasteiger partial charge in [-0.15, -0.1) is 0 Å². The van der Waals surface area contributed by atoms with Gasteiger partial charge < -0.3 is 10.2 Å². The third-order valence-corrected chi connectivity index (χ3v) is 5.68. The smallest absolute Gasteiger partial charge is 0.326 e. The summed E-state index contributed by atoms with van der Waals surface area (Å²) in [6.45, 7) is 7.83. The molecular weight excluding hydrogens is 450 g/mol. The van der Waals surface area contributed by atoms with Crippen LogP contribution in [0.3, 0.4) is 0 Å².